The van der Waals surface area contributed by atoms with E-state index in [-0.39, 0.29) is 5.97 Å². The number of allylic oxidation sites excluding steroid dienone is 1. The van der Waals surface area contributed by atoms with Gasteiger partial charge < -0.3 is 9.47 Å². The molecule has 0 saturated carbocycles. The van der Waals surface area contributed by atoms with E-state index in [4.69, 9.17) is 9.47 Å². The zero-order valence-electron chi connectivity index (χ0n) is 8.85. The first-order valence-corrected chi connectivity index (χ1v) is 4.66. The third-order valence-corrected chi connectivity index (χ3v) is 1.66. The summed E-state index contributed by atoms with van der Waals surface area (Å²) in [4.78, 5) is 11.3. The zero-order valence-corrected chi connectivity index (χ0v) is 8.85. The lowest BCUT2D eigenvalue weighted by Gasteiger charge is -2.09. The fraction of sp³-hybridized carbons (Fsp3) is 0.700. The third-order valence-electron chi connectivity index (χ3n) is 1.66. The van der Waals surface area contributed by atoms with Crippen LogP contribution in [0.5, 0.6) is 0 Å². The Hall–Kier alpha value is -0.990. The molecule has 0 rings (SSSR count). The van der Waals surface area contributed by atoms with Gasteiger partial charge in [-0.3, -0.25) is 0 Å². The second kappa shape index (κ2) is 6.52. The molecule has 0 aromatic rings. The lowest BCUT2D eigenvalue weighted by atomic mass is 10.2. The largest absolute Gasteiger partial charge is 0.498 e. The van der Waals surface area contributed by atoms with Gasteiger partial charge in [0.15, 0.2) is 0 Å². The summed E-state index contributed by atoms with van der Waals surface area (Å²) in [5, 5.41) is 0. The monoisotopic (exact) mass is 186 g/mol. The Kier molecular flexibility index (Phi) is 6.02. The summed E-state index contributed by atoms with van der Waals surface area (Å²) in [6.45, 7) is 8.37. The van der Waals surface area contributed by atoms with Crippen molar-refractivity contribution in [1.82, 2.24) is 0 Å². The predicted octanol–water partition coefficient (Wildman–Crippen LogP) is 2.27. The Bertz CT molecular complexity index is 194. The molecule has 76 valence electrons. The van der Waals surface area contributed by atoms with Gasteiger partial charge >= 0.3 is 5.97 Å². The molecule has 0 bridgehead atoms. The van der Waals surface area contributed by atoms with E-state index in [0.29, 0.717) is 31.0 Å². The molecule has 13 heavy (non-hydrogen) atoms. The second-order valence-corrected chi connectivity index (χ2v) is 2.54. The average Bonchev–Trinajstić information content (AvgIpc) is 2.06. The van der Waals surface area contributed by atoms with Crippen LogP contribution in [0.15, 0.2) is 11.3 Å². The van der Waals surface area contributed by atoms with Crippen LogP contribution in [0.25, 0.3) is 0 Å². The molecule has 0 spiro atoms. The van der Waals surface area contributed by atoms with Crippen LogP contribution in [0.2, 0.25) is 0 Å². The highest BCUT2D eigenvalue weighted by molar-refractivity contribution is 5.88. The topological polar surface area (TPSA) is 35.5 Å². The van der Waals surface area contributed by atoms with E-state index in [0.717, 1.165) is 0 Å². The SMILES string of the molecule is CCOC(=O)/C(CC)=C(/C)OCC. The van der Waals surface area contributed by atoms with Gasteiger partial charge in [-0.1, -0.05) is 6.92 Å². The first-order valence-electron chi connectivity index (χ1n) is 4.66. The van der Waals surface area contributed by atoms with Crippen molar-refractivity contribution in [3.05, 3.63) is 11.3 Å². The number of rotatable bonds is 5. The fourth-order valence-corrected chi connectivity index (χ4v) is 1.06. The van der Waals surface area contributed by atoms with Gasteiger partial charge in [0.05, 0.1) is 18.8 Å². The Morgan fingerprint density at radius 2 is 1.62 bits per heavy atom. The molecule has 0 amide bonds. The quantitative estimate of drug-likeness (QED) is 0.375. The molecular formula is C10H18O3. The van der Waals surface area contributed by atoms with E-state index in [9.17, 15) is 4.79 Å². The highest BCUT2D eigenvalue weighted by Crippen LogP contribution is 2.11. The van der Waals surface area contributed by atoms with Gasteiger partial charge in [0.25, 0.3) is 0 Å². The number of esters is 1. The van der Waals surface area contributed by atoms with Gasteiger partial charge in [0, 0.05) is 0 Å². The maximum atomic E-state index is 11.3. The lowest BCUT2D eigenvalue weighted by molar-refractivity contribution is -0.138. The van der Waals surface area contributed by atoms with Gasteiger partial charge in [-0.2, -0.15) is 0 Å². The summed E-state index contributed by atoms with van der Waals surface area (Å²) in [5.41, 5.74) is 0.628. The molecule has 0 radical (unpaired) electrons. The van der Waals surface area contributed by atoms with Crippen LogP contribution in [0, 0.1) is 0 Å². The molecule has 0 aromatic carbocycles. The van der Waals surface area contributed by atoms with Crippen LogP contribution < -0.4 is 0 Å². The Balaban J connectivity index is 4.46. The molecule has 0 aliphatic carbocycles. The van der Waals surface area contributed by atoms with E-state index < -0.39 is 0 Å². The highest BCUT2D eigenvalue weighted by Gasteiger charge is 2.12. The zero-order chi connectivity index (χ0) is 10.3. The molecule has 3 heteroatoms. The van der Waals surface area contributed by atoms with Crippen LogP contribution in [0.3, 0.4) is 0 Å². The fourth-order valence-electron chi connectivity index (χ4n) is 1.06. The molecule has 0 saturated heterocycles. The standard InChI is InChI=1S/C10H18O3/c1-5-9(8(4)12-6-2)10(11)13-7-3/h5-7H2,1-4H3/b9-8-. The van der Waals surface area contributed by atoms with Gasteiger partial charge in [0.1, 0.15) is 5.76 Å². The maximum Gasteiger partial charge on any atom is 0.337 e. The summed E-state index contributed by atoms with van der Waals surface area (Å²) >= 11 is 0. The number of hydrogen-bond donors (Lipinski definition) is 0. The van der Waals surface area contributed by atoms with E-state index in [2.05, 4.69) is 0 Å². The summed E-state index contributed by atoms with van der Waals surface area (Å²) in [6.07, 6.45) is 0.644. The van der Waals surface area contributed by atoms with Crippen molar-refractivity contribution in [3.8, 4) is 0 Å². The molecule has 0 N–H and O–H groups in total. The number of carbonyl (C=O) groups excluding carboxylic acids is 1. The Morgan fingerprint density at radius 3 is 2.00 bits per heavy atom. The van der Waals surface area contributed by atoms with Gasteiger partial charge in [-0.15, -0.1) is 0 Å². The van der Waals surface area contributed by atoms with Crippen molar-refractivity contribution < 1.29 is 14.3 Å². The Morgan fingerprint density at radius 1 is 1.08 bits per heavy atom. The summed E-state index contributed by atoms with van der Waals surface area (Å²) < 4.78 is 10.1. The van der Waals surface area contributed by atoms with E-state index in [1.807, 2.05) is 13.8 Å². The van der Waals surface area contributed by atoms with E-state index in [1.54, 1.807) is 13.8 Å². The van der Waals surface area contributed by atoms with Crippen molar-refractivity contribution in [2.75, 3.05) is 13.2 Å². The molecular weight excluding hydrogens is 168 g/mol. The summed E-state index contributed by atoms with van der Waals surface area (Å²) in [6, 6.07) is 0. The van der Waals surface area contributed by atoms with Crippen LogP contribution in [0.1, 0.15) is 34.1 Å². The summed E-state index contributed by atoms with van der Waals surface area (Å²) in [7, 11) is 0. The normalized spacial score (nSPS) is 12.0. The minimum atomic E-state index is -0.268. The molecule has 0 unspecified atom stereocenters. The molecule has 0 aromatic heterocycles. The first kappa shape index (κ1) is 12.0. The highest BCUT2D eigenvalue weighted by atomic mass is 16.5. The van der Waals surface area contributed by atoms with Crippen LogP contribution >= 0.6 is 0 Å². The maximum absolute atomic E-state index is 11.3. The van der Waals surface area contributed by atoms with E-state index >= 15 is 0 Å². The number of hydrogen-bond acceptors (Lipinski definition) is 3. The van der Waals surface area contributed by atoms with Crippen molar-refractivity contribution >= 4 is 5.97 Å². The van der Waals surface area contributed by atoms with Crippen molar-refractivity contribution in [2.45, 2.75) is 34.1 Å². The third kappa shape index (κ3) is 3.97. The molecule has 0 fully saturated rings. The van der Waals surface area contributed by atoms with Crippen LogP contribution in [-0.4, -0.2) is 19.2 Å². The smallest absolute Gasteiger partial charge is 0.337 e. The van der Waals surface area contributed by atoms with Crippen LogP contribution in [0.4, 0.5) is 0 Å². The van der Waals surface area contributed by atoms with Gasteiger partial charge in [-0.25, -0.2) is 4.79 Å². The minimum Gasteiger partial charge on any atom is -0.498 e. The van der Waals surface area contributed by atoms with Gasteiger partial charge in [0.2, 0.25) is 0 Å². The molecule has 0 atom stereocenters. The van der Waals surface area contributed by atoms with Gasteiger partial charge in [-0.05, 0) is 27.2 Å². The number of ether oxygens (including phenoxy) is 2. The van der Waals surface area contributed by atoms with Crippen molar-refractivity contribution in [3.63, 3.8) is 0 Å². The number of carbonyl (C=O) groups is 1. The molecule has 0 heterocycles. The Labute approximate surface area is 79.7 Å². The minimum absolute atomic E-state index is 0.268. The lowest BCUT2D eigenvalue weighted by Crippen LogP contribution is -2.10. The second-order valence-electron chi connectivity index (χ2n) is 2.54. The molecule has 0 aliphatic rings. The van der Waals surface area contributed by atoms with Crippen LogP contribution in [-0.2, 0) is 14.3 Å². The first-order chi connectivity index (χ1) is 6.17. The van der Waals surface area contributed by atoms with Crippen molar-refractivity contribution in [1.29, 1.82) is 0 Å². The average molecular weight is 186 g/mol. The summed E-state index contributed by atoms with van der Waals surface area (Å²) in [5.74, 6) is 0.402. The predicted molar refractivity (Wildman–Crippen MR) is 51.3 cm³/mol. The molecule has 3 nitrogen and oxygen atoms in total. The molecule has 0 aliphatic heterocycles. The van der Waals surface area contributed by atoms with E-state index in [1.165, 1.54) is 0 Å². The van der Waals surface area contributed by atoms with Crippen molar-refractivity contribution in [2.24, 2.45) is 0 Å².